The van der Waals surface area contributed by atoms with Gasteiger partial charge in [-0.3, -0.25) is 9.59 Å². The Kier molecular flexibility index (Phi) is 4.68. The molecule has 2 atom stereocenters. The second kappa shape index (κ2) is 7.03. The molecular weight excluding hydrogens is 450 g/mol. The van der Waals surface area contributed by atoms with Crippen molar-refractivity contribution in [3.63, 3.8) is 0 Å². The number of rotatable bonds is 3. The zero-order chi connectivity index (χ0) is 20.0. The number of ether oxygens (including phenoxy) is 1. The molecule has 1 fully saturated rings. The summed E-state index contributed by atoms with van der Waals surface area (Å²) in [4.78, 5) is 39.7. The van der Waals surface area contributed by atoms with Gasteiger partial charge in [-0.15, -0.1) is 0 Å². The first kappa shape index (κ1) is 18.6. The Morgan fingerprint density at radius 2 is 1.79 bits per heavy atom. The van der Waals surface area contributed by atoms with E-state index in [9.17, 15) is 14.4 Å². The van der Waals surface area contributed by atoms with Crippen molar-refractivity contribution in [2.24, 2.45) is 11.0 Å². The van der Waals surface area contributed by atoms with Crippen molar-refractivity contribution in [1.29, 1.82) is 0 Å². The third-order valence-electron chi connectivity index (χ3n) is 4.63. The smallest absolute Gasteiger partial charge is 0.355 e. The summed E-state index contributed by atoms with van der Waals surface area (Å²) in [6.07, 6.45) is 0. The van der Waals surface area contributed by atoms with Crippen LogP contribution in [0.15, 0.2) is 58.1 Å². The van der Waals surface area contributed by atoms with E-state index in [1.54, 1.807) is 48.5 Å². The number of benzene rings is 2. The lowest BCUT2D eigenvalue weighted by atomic mass is 9.98. The number of anilines is 2. The molecule has 4 rings (SSSR count). The number of hydrogen-bond acceptors (Lipinski definition) is 6. The highest BCUT2D eigenvalue weighted by atomic mass is 79.9. The van der Waals surface area contributed by atoms with Gasteiger partial charge in [0.25, 0.3) is 5.91 Å². The predicted molar refractivity (Wildman–Crippen MR) is 107 cm³/mol. The van der Waals surface area contributed by atoms with E-state index in [1.807, 2.05) is 0 Å². The number of hydrazone groups is 1. The molecule has 2 aromatic carbocycles. The first-order valence-corrected chi connectivity index (χ1v) is 9.45. The molecule has 0 aliphatic carbocycles. The van der Waals surface area contributed by atoms with Crippen molar-refractivity contribution < 1.29 is 19.1 Å². The van der Waals surface area contributed by atoms with Crippen LogP contribution in [0.4, 0.5) is 11.4 Å². The van der Waals surface area contributed by atoms with E-state index >= 15 is 0 Å². The van der Waals surface area contributed by atoms with Gasteiger partial charge in [0.1, 0.15) is 12.0 Å². The molecule has 0 aromatic heterocycles. The zero-order valence-corrected chi connectivity index (χ0v) is 16.8. The van der Waals surface area contributed by atoms with Gasteiger partial charge in [-0.25, -0.2) is 14.7 Å². The Balaban J connectivity index is 1.82. The van der Waals surface area contributed by atoms with E-state index in [-0.39, 0.29) is 5.71 Å². The summed E-state index contributed by atoms with van der Waals surface area (Å²) in [5.41, 5.74) is 0.721. The third-order valence-corrected chi connectivity index (χ3v) is 5.48. The molecule has 0 bridgehead atoms. The van der Waals surface area contributed by atoms with Crippen LogP contribution in [0, 0.1) is 5.92 Å². The minimum absolute atomic E-state index is 0.120. The number of carbonyl (C=O) groups excluding carboxylic acids is 3. The molecule has 1 saturated heterocycles. The number of hydrogen-bond donors (Lipinski definition) is 0. The lowest BCUT2D eigenvalue weighted by Crippen LogP contribution is -2.39. The molecule has 0 radical (unpaired) electrons. The lowest BCUT2D eigenvalue weighted by molar-refractivity contribution is -0.133. The number of esters is 1. The number of halogens is 2. The predicted octanol–water partition coefficient (Wildman–Crippen LogP) is 3.01. The van der Waals surface area contributed by atoms with Gasteiger partial charge in [0.2, 0.25) is 5.91 Å². The van der Waals surface area contributed by atoms with Crippen LogP contribution in [-0.4, -0.2) is 36.6 Å². The number of imide groups is 1. The van der Waals surface area contributed by atoms with Crippen LogP contribution >= 0.6 is 27.5 Å². The fourth-order valence-corrected chi connectivity index (χ4v) is 3.86. The normalized spacial score (nSPS) is 21.0. The molecule has 0 unspecified atom stereocenters. The van der Waals surface area contributed by atoms with Crippen LogP contribution in [0.5, 0.6) is 0 Å². The molecule has 7 nitrogen and oxygen atoms in total. The quantitative estimate of drug-likeness (QED) is 0.517. The molecule has 2 aliphatic rings. The molecule has 0 saturated carbocycles. The van der Waals surface area contributed by atoms with Crippen LogP contribution in [0.3, 0.4) is 0 Å². The van der Waals surface area contributed by atoms with E-state index in [2.05, 4.69) is 21.0 Å². The summed E-state index contributed by atoms with van der Waals surface area (Å²) < 4.78 is 5.59. The van der Waals surface area contributed by atoms with Crippen molar-refractivity contribution in [1.82, 2.24) is 0 Å². The van der Waals surface area contributed by atoms with Crippen LogP contribution in [-0.2, 0) is 19.1 Å². The van der Waals surface area contributed by atoms with E-state index in [1.165, 1.54) is 12.1 Å². The van der Waals surface area contributed by atoms with Gasteiger partial charge in [-0.2, -0.15) is 5.10 Å². The molecule has 28 heavy (non-hydrogen) atoms. The number of fused-ring (bicyclic) bond motifs is 1. The van der Waals surface area contributed by atoms with Crippen molar-refractivity contribution in [3.05, 3.63) is 58.0 Å². The summed E-state index contributed by atoms with van der Waals surface area (Å²) in [7, 11) is 1.20. The average Bonchev–Trinajstić information content (AvgIpc) is 3.20. The van der Waals surface area contributed by atoms with Gasteiger partial charge < -0.3 is 4.74 Å². The topological polar surface area (TPSA) is 79.3 Å². The molecule has 2 aromatic rings. The van der Waals surface area contributed by atoms with Crippen molar-refractivity contribution in [3.8, 4) is 0 Å². The summed E-state index contributed by atoms with van der Waals surface area (Å²) >= 11 is 9.60. The largest absolute Gasteiger partial charge is 0.464 e. The number of nitrogens with zero attached hydrogens (tertiary/aromatic N) is 3. The van der Waals surface area contributed by atoms with Crippen molar-refractivity contribution >= 4 is 62.4 Å². The monoisotopic (exact) mass is 461 g/mol. The Morgan fingerprint density at radius 1 is 1.11 bits per heavy atom. The number of carbonyl (C=O) groups is 3. The molecule has 0 spiro atoms. The lowest BCUT2D eigenvalue weighted by Gasteiger charge is -2.22. The highest BCUT2D eigenvalue weighted by molar-refractivity contribution is 9.10. The summed E-state index contributed by atoms with van der Waals surface area (Å²) in [5, 5.41) is 5.91. The summed E-state index contributed by atoms with van der Waals surface area (Å²) in [5.74, 6) is -2.85. The molecule has 2 aliphatic heterocycles. The SMILES string of the molecule is COC(=O)C1=NN(c2ccccc2Cl)[C@H]2C(=O)N(c3ccc(Br)cc3)C(=O)[C@@H]12. The first-order chi connectivity index (χ1) is 13.4. The number of amides is 2. The summed E-state index contributed by atoms with van der Waals surface area (Å²) in [6.45, 7) is 0. The van der Waals surface area contributed by atoms with E-state index < -0.39 is 29.7 Å². The molecule has 0 N–H and O–H groups in total. The van der Waals surface area contributed by atoms with E-state index in [4.69, 9.17) is 16.3 Å². The van der Waals surface area contributed by atoms with Gasteiger partial charge in [0.15, 0.2) is 5.71 Å². The van der Waals surface area contributed by atoms with E-state index in [0.29, 0.717) is 16.4 Å². The van der Waals surface area contributed by atoms with Gasteiger partial charge in [0.05, 0.1) is 23.5 Å². The highest BCUT2D eigenvalue weighted by Crippen LogP contribution is 2.40. The van der Waals surface area contributed by atoms with Crippen LogP contribution < -0.4 is 9.91 Å². The minimum Gasteiger partial charge on any atom is -0.464 e. The Labute approximate surface area is 173 Å². The zero-order valence-electron chi connectivity index (χ0n) is 14.5. The maximum absolute atomic E-state index is 13.2. The van der Waals surface area contributed by atoms with Gasteiger partial charge in [-0.05, 0) is 36.4 Å². The minimum atomic E-state index is -1.07. The van der Waals surface area contributed by atoms with E-state index in [0.717, 1.165) is 9.37 Å². The van der Waals surface area contributed by atoms with Crippen LogP contribution in [0.1, 0.15) is 0 Å². The van der Waals surface area contributed by atoms with Gasteiger partial charge >= 0.3 is 5.97 Å². The summed E-state index contributed by atoms with van der Waals surface area (Å²) in [6, 6.07) is 12.5. The molecule has 142 valence electrons. The highest BCUT2D eigenvalue weighted by Gasteiger charge is 2.59. The third kappa shape index (κ3) is 2.80. The van der Waals surface area contributed by atoms with Gasteiger partial charge in [0, 0.05) is 4.47 Å². The Hall–Kier alpha value is -2.71. The van der Waals surface area contributed by atoms with Crippen LogP contribution in [0.2, 0.25) is 5.02 Å². The first-order valence-electron chi connectivity index (χ1n) is 8.28. The fraction of sp³-hybridized carbons (Fsp3) is 0.158. The molecule has 2 heterocycles. The fourth-order valence-electron chi connectivity index (χ4n) is 3.37. The molecular formula is C19H13BrClN3O4. The average molecular weight is 463 g/mol. The molecule has 9 heteroatoms. The number of para-hydroxylation sites is 1. The second-order valence-electron chi connectivity index (χ2n) is 6.18. The standard InChI is InChI=1S/C19H13BrClN3O4/c1-28-19(27)15-14-16(24(22-15)13-5-3-2-4-12(13)21)18(26)23(17(14)25)11-8-6-10(20)7-9-11/h2-9,14,16H,1H3/t14-,16+/m0/s1. The van der Waals surface area contributed by atoms with Crippen molar-refractivity contribution in [2.45, 2.75) is 6.04 Å². The Morgan fingerprint density at radius 3 is 2.43 bits per heavy atom. The van der Waals surface area contributed by atoms with Crippen molar-refractivity contribution in [2.75, 3.05) is 17.0 Å². The van der Waals surface area contributed by atoms with Crippen LogP contribution in [0.25, 0.3) is 0 Å². The number of methoxy groups -OCH3 is 1. The maximum atomic E-state index is 13.2. The maximum Gasteiger partial charge on any atom is 0.355 e. The second-order valence-corrected chi connectivity index (χ2v) is 7.51. The molecule has 2 amide bonds. The van der Waals surface area contributed by atoms with Gasteiger partial charge in [-0.1, -0.05) is 39.7 Å². The Bertz CT molecular complexity index is 1020.